The van der Waals surface area contributed by atoms with Crippen LogP contribution in [0.1, 0.15) is 34.2 Å². The lowest BCUT2D eigenvalue weighted by atomic mass is 10.2. The first-order chi connectivity index (χ1) is 11.1. The Morgan fingerprint density at radius 3 is 2.35 bits per heavy atom. The van der Waals surface area contributed by atoms with Crippen molar-refractivity contribution in [3.63, 3.8) is 0 Å². The number of pyridine rings is 1. The zero-order chi connectivity index (χ0) is 16.7. The van der Waals surface area contributed by atoms with Crippen molar-refractivity contribution in [2.75, 3.05) is 24.3 Å². The maximum atomic E-state index is 12.1. The minimum Gasteiger partial charge on any atom is -0.465 e. The van der Waals surface area contributed by atoms with Crippen LogP contribution in [0.2, 0.25) is 0 Å². The van der Waals surface area contributed by atoms with Crippen LogP contribution in [-0.4, -0.2) is 30.5 Å². The van der Waals surface area contributed by atoms with Gasteiger partial charge < -0.3 is 15.4 Å². The largest absolute Gasteiger partial charge is 0.465 e. The molecule has 0 aliphatic carbocycles. The van der Waals surface area contributed by atoms with Gasteiger partial charge >= 0.3 is 5.97 Å². The topological polar surface area (TPSA) is 80.3 Å². The number of methoxy groups -OCH3 is 1. The summed E-state index contributed by atoms with van der Waals surface area (Å²) in [6.45, 7) is 2.94. The van der Waals surface area contributed by atoms with E-state index in [9.17, 15) is 9.59 Å². The molecular formula is C17H19N3O3. The van der Waals surface area contributed by atoms with E-state index in [1.807, 2.05) is 6.07 Å². The predicted octanol–water partition coefficient (Wildman–Crippen LogP) is 2.94. The number of rotatable bonds is 6. The molecular weight excluding hydrogens is 294 g/mol. The molecule has 0 bridgehead atoms. The van der Waals surface area contributed by atoms with Gasteiger partial charge in [0, 0.05) is 12.2 Å². The van der Waals surface area contributed by atoms with E-state index in [0.717, 1.165) is 18.7 Å². The third-order valence-electron chi connectivity index (χ3n) is 3.14. The van der Waals surface area contributed by atoms with E-state index in [1.54, 1.807) is 36.5 Å². The zero-order valence-electron chi connectivity index (χ0n) is 13.1. The van der Waals surface area contributed by atoms with Crippen molar-refractivity contribution < 1.29 is 14.3 Å². The SMILES string of the molecule is CCCNc1ccc(C(=O)Nc2ccc(C(=O)OC)cc2)nc1. The fourth-order valence-corrected chi connectivity index (χ4v) is 1.90. The average Bonchev–Trinajstić information content (AvgIpc) is 2.60. The van der Waals surface area contributed by atoms with Crippen LogP contribution in [0.5, 0.6) is 0 Å². The third-order valence-corrected chi connectivity index (χ3v) is 3.14. The first-order valence-corrected chi connectivity index (χ1v) is 7.33. The lowest BCUT2D eigenvalue weighted by molar-refractivity contribution is 0.0600. The Morgan fingerprint density at radius 1 is 1.09 bits per heavy atom. The maximum Gasteiger partial charge on any atom is 0.337 e. The van der Waals surface area contributed by atoms with Gasteiger partial charge in [-0.05, 0) is 42.8 Å². The molecule has 1 aromatic carbocycles. The van der Waals surface area contributed by atoms with Gasteiger partial charge in [0.25, 0.3) is 5.91 Å². The van der Waals surface area contributed by atoms with Crippen molar-refractivity contribution in [1.29, 1.82) is 0 Å². The van der Waals surface area contributed by atoms with E-state index >= 15 is 0 Å². The normalized spacial score (nSPS) is 10.0. The molecule has 23 heavy (non-hydrogen) atoms. The Bertz CT molecular complexity index is 666. The van der Waals surface area contributed by atoms with Crippen molar-refractivity contribution in [3.05, 3.63) is 53.9 Å². The van der Waals surface area contributed by atoms with Crippen LogP contribution in [0.25, 0.3) is 0 Å². The highest BCUT2D eigenvalue weighted by atomic mass is 16.5. The first kappa shape index (κ1) is 16.5. The molecule has 2 N–H and O–H groups in total. The van der Waals surface area contributed by atoms with Crippen LogP contribution in [0.15, 0.2) is 42.6 Å². The molecule has 0 fully saturated rings. The number of carbonyl (C=O) groups excluding carboxylic acids is 2. The fraction of sp³-hybridized carbons (Fsp3) is 0.235. The van der Waals surface area contributed by atoms with E-state index < -0.39 is 5.97 Å². The van der Waals surface area contributed by atoms with E-state index in [4.69, 9.17) is 0 Å². The second kappa shape index (κ2) is 7.93. The van der Waals surface area contributed by atoms with Crippen molar-refractivity contribution in [2.24, 2.45) is 0 Å². The highest BCUT2D eigenvalue weighted by Gasteiger charge is 2.09. The maximum absolute atomic E-state index is 12.1. The summed E-state index contributed by atoms with van der Waals surface area (Å²) in [6.07, 6.45) is 2.65. The van der Waals surface area contributed by atoms with Crippen LogP contribution >= 0.6 is 0 Å². The molecule has 0 spiro atoms. The van der Waals surface area contributed by atoms with Gasteiger partial charge in [0.05, 0.1) is 24.6 Å². The summed E-state index contributed by atoms with van der Waals surface area (Å²) in [5, 5.41) is 5.93. The van der Waals surface area contributed by atoms with Crippen molar-refractivity contribution in [3.8, 4) is 0 Å². The van der Waals surface area contributed by atoms with Gasteiger partial charge in [0.1, 0.15) is 5.69 Å². The summed E-state index contributed by atoms with van der Waals surface area (Å²) in [4.78, 5) is 27.6. The summed E-state index contributed by atoms with van der Waals surface area (Å²) < 4.78 is 4.62. The molecule has 1 amide bonds. The Hall–Kier alpha value is -2.89. The molecule has 1 heterocycles. The highest BCUT2D eigenvalue weighted by Crippen LogP contribution is 2.12. The number of hydrogen-bond donors (Lipinski definition) is 2. The van der Waals surface area contributed by atoms with E-state index in [0.29, 0.717) is 16.9 Å². The summed E-state index contributed by atoms with van der Waals surface area (Å²) in [5.41, 5.74) is 2.21. The van der Waals surface area contributed by atoms with E-state index in [-0.39, 0.29) is 5.91 Å². The monoisotopic (exact) mass is 313 g/mol. The van der Waals surface area contributed by atoms with E-state index in [2.05, 4.69) is 27.3 Å². The lowest BCUT2D eigenvalue weighted by Crippen LogP contribution is -2.14. The van der Waals surface area contributed by atoms with Gasteiger partial charge in [0.2, 0.25) is 0 Å². The fourth-order valence-electron chi connectivity index (χ4n) is 1.90. The number of hydrogen-bond acceptors (Lipinski definition) is 5. The molecule has 0 unspecified atom stereocenters. The molecule has 0 aliphatic rings. The van der Waals surface area contributed by atoms with Gasteiger partial charge in [-0.1, -0.05) is 6.92 Å². The molecule has 6 heteroatoms. The third kappa shape index (κ3) is 4.54. The smallest absolute Gasteiger partial charge is 0.337 e. The number of aromatic nitrogens is 1. The number of anilines is 2. The van der Waals surface area contributed by atoms with Crippen LogP contribution in [-0.2, 0) is 4.74 Å². The van der Waals surface area contributed by atoms with Gasteiger partial charge in [-0.2, -0.15) is 0 Å². The first-order valence-electron chi connectivity index (χ1n) is 7.33. The summed E-state index contributed by atoms with van der Waals surface area (Å²) in [6, 6.07) is 9.94. The molecule has 0 saturated carbocycles. The van der Waals surface area contributed by atoms with Crippen molar-refractivity contribution >= 4 is 23.3 Å². The second-order valence-electron chi connectivity index (χ2n) is 4.88. The van der Waals surface area contributed by atoms with Gasteiger partial charge in [-0.3, -0.25) is 4.79 Å². The molecule has 1 aromatic heterocycles. The van der Waals surface area contributed by atoms with Crippen LogP contribution in [0.3, 0.4) is 0 Å². The number of ether oxygens (including phenoxy) is 1. The van der Waals surface area contributed by atoms with Crippen molar-refractivity contribution in [1.82, 2.24) is 4.98 Å². The minimum absolute atomic E-state index is 0.308. The molecule has 6 nitrogen and oxygen atoms in total. The van der Waals surface area contributed by atoms with Crippen LogP contribution in [0, 0.1) is 0 Å². The number of benzene rings is 1. The Balaban J connectivity index is 1.99. The van der Waals surface area contributed by atoms with Crippen molar-refractivity contribution in [2.45, 2.75) is 13.3 Å². The minimum atomic E-state index is -0.417. The second-order valence-corrected chi connectivity index (χ2v) is 4.88. The number of nitrogens with one attached hydrogen (secondary N) is 2. The Kier molecular flexibility index (Phi) is 5.68. The average molecular weight is 313 g/mol. The predicted molar refractivity (Wildman–Crippen MR) is 88.8 cm³/mol. The summed E-state index contributed by atoms with van der Waals surface area (Å²) in [5.74, 6) is -0.724. The van der Waals surface area contributed by atoms with Gasteiger partial charge in [0.15, 0.2) is 0 Å². The molecule has 0 atom stereocenters. The molecule has 2 rings (SSSR count). The Morgan fingerprint density at radius 2 is 1.78 bits per heavy atom. The molecule has 2 aromatic rings. The molecule has 0 saturated heterocycles. The van der Waals surface area contributed by atoms with Crippen LogP contribution < -0.4 is 10.6 Å². The lowest BCUT2D eigenvalue weighted by Gasteiger charge is -2.07. The Labute approximate surface area is 134 Å². The molecule has 0 radical (unpaired) electrons. The summed E-state index contributed by atoms with van der Waals surface area (Å²) >= 11 is 0. The highest BCUT2D eigenvalue weighted by molar-refractivity contribution is 6.03. The number of carbonyl (C=O) groups is 2. The molecule has 120 valence electrons. The standard InChI is InChI=1S/C17H19N3O3/c1-3-10-18-14-8-9-15(19-11-14)16(21)20-13-6-4-12(5-7-13)17(22)23-2/h4-9,11,18H,3,10H2,1-2H3,(H,20,21). The summed E-state index contributed by atoms with van der Waals surface area (Å²) in [7, 11) is 1.32. The zero-order valence-corrected chi connectivity index (χ0v) is 13.1. The number of esters is 1. The van der Waals surface area contributed by atoms with Gasteiger partial charge in [-0.25, -0.2) is 9.78 Å². The number of amides is 1. The molecule has 0 aliphatic heterocycles. The van der Waals surface area contributed by atoms with Crippen LogP contribution in [0.4, 0.5) is 11.4 Å². The van der Waals surface area contributed by atoms with Gasteiger partial charge in [-0.15, -0.1) is 0 Å². The quantitative estimate of drug-likeness (QED) is 0.801. The number of nitrogens with zero attached hydrogens (tertiary/aromatic N) is 1. The van der Waals surface area contributed by atoms with E-state index in [1.165, 1.54) is 7.11 Å².